The number of halogens is 8. The maximum Gasteiger partial charge on any atom is 0.435 e. The standard InChI is InChI=1S/C29H29F8NO3S/c1-17-4-2-3-5-22(17)25(39)38-15-14-26(42(40,41)21-10-8-20(30)9-11-21)23-12-7-19(16-18(23)6-13-24(26)38)27(31,28(32,33)34)29(35,36)37/h7-12,16-17,22,24H,2-6,13-15H2,1H3/t17-,22-,24-,26-/m1/s1. The van der Waals surface area contributed by atoms with E-state index >= 15 is 0 Å². The van der Waals surface area contributed by atoms with Gasteiger partial charge in [-0.15, -0.1) is 0 Å². The zero-order chi connectivity index (χ0) is 30.9. The SMILES string of the molecule is C[C@@H]1CCCC[C@H]1C(=O)N1CC[C@@]2(S(=O)(=O)c3ccc(F)cc3)c3ccc(C(F)(C(F)(F)F)C(F)(F)F)cc3CC[C@@H]12. The zero-order valence-electron chi connectivity index (χ0n) is 22.5. The van der Waals surface area contributed by atoms with E-state index in [0.29, 0.717) is 18.6 Å². The fourth-order valence-corrected chi connectivity index (χ4v) is 9.58. The first kappa shape index (κ1) is 30.7. The lowest BCUT2D eigenvalue weighted by Crippen LogP contribution is -2.54. The summed E-state index contributed by atoms with van der Waals surface area (Å²) in [6.07, 6.45) is -9.88. The number of hydrogen-bond acceptors (Lipinski definition) is 3. The molecular weight excluding hydrogens is 594 g/mol. The number of amides is 1. The smallest absolute Gasteiger partial charge is 0.337 e. The Bertz CT molecular complexity index is 1460. The monoisotopic (exact) mass is 623 g/mol. The molecule has 0 radical (unpaired) electrons. The molecule has 1 aliphatic heterocycles. The minimum atomic E-state index is -6.33. The van der Waals surface area contributed by atoms with Crippen LogP contribution >= 0.6 is 0 Å². The molecule has 0 spiro atoms. The molecule has 1 heterocycles. The number of fused-ring (bicyclic) bond motifs is 3. The first-order valence-electron chi connectivity index (χ1n) is 13.7. The lowest BCUT2D eigenvalue weighted by atomic mass is 9.76. The van der Waals surface area contributed by atoms with Crippen LogP contribution in [0, 0.1) is 17.7 Å². The summed E-state index contributed by atoms with van der Waals surface area (Å²) < 4.78 is 137. The molecule has 1 saturated heterocycles. The molecule has 1 saturated carbocycles. The Morgan fingerprint density at radius 3 is 2.12 bits per heavy atom. The lowest BCUT2D eigenvalue weighted by Gasteiger charge is -2.44. The average molecular weight is 624 g/mol. The van der Waals surface area contributed by atoms with Gasteiger partial charge in [0.15, 0.2) is 9.84 Å². The molecule has 0 unspecified atom stereocenters. The predicted octanol–water partition coefficient (Wildman–Crippen LogP) is 7.16. The van der Waals surface area contributed by atoms with Crippen LogP contribution < -0.4 is 0 Å². The van der Waals surface area contributed by atoms with Crippen LogP contribution in [0.25, 0.3) is 0 Å². The molecule has 230 valence electrons. The van der Waals surface area contributed by atoms with Gasteiger partial charge in [-0.3, -0.25) is 4.79 Å². The number of aryl methyl sites for hydroxylation is 1. The highest BCUT2D eigenvalue weighted by atomic mass is 32.2. The number of hydrogen-bond donors (Lipinski definition) is 0. The Morgan fingerprint density at radius 2 is 1.52 bits per heavy atom. The Kier molecular flexibility index (Phi) is 7.46. The summed E-state index contributed by atoms with van der Waals surface area (Å²) in [5.41, 5.74) is -7.63. The van der Waals surface area contributed by atoms with Gasteiger partial charge < -0.3 is 4.90 Å². The van der Waals surface area contributed by atoms with Gasteiger partial charge in [0.25, 0.3) is 0 Å². The van der Waals surface area contributed by atoms with Gasteiger partial charge in [0, 0.05) is 18.0 Å². The first-order chi connectivity index (χ1) is 19.5. The fraction of sp³-hybridized carbons (Fsp3) is 0.552. The van der Waals surface area contributed by atoms with Crippen LogP contribution in [0.3, 0.4) is 0 Å². The van der Waals surface area contributed by atoms with Crippen molar-refractivity contribution < 1.29 is 48.3 Å². The topological polar surface area (TPSA) is 54.5 Å². The lowest BCUT2D eigenvalue weighted by molar-refractivity contribution is -0.348. The molecule has 2 fully saturated rings. The number of carbonyl (C=O) groups is 1. The number of alkyl halides is 7. The maximum atomic E-state index is 15.0. The number of nitrogens with zero attached hydrogens (tertiary/aromatic N) is 1. The third-order valence-electron chi connectivity index (χ3n) is 9.38. The summed E-state index contributed by atoms with van der Waals surface area (Å²) in [6.45, 7) is 1.94. The molecule has 2 aromatic rings. The Balaban J connectivity index is 1.68. The van der Waals surface area contributed by atoms with Crippen molar-refractivity contribution in [3.8, 4) is 0 Å². The van der Waals surface area contributed by atoms with E-state index in [1.165, 1.54) is 4.90 Å². The van der Waals surface area contributed by atoms with Crippen molar-refractivity contribution in [1.82, 2.24) is 4.90 Å². The second-order valence-corrected chi connectivity index (χ2v) is 13.8. The van der Waals surface area contributed by atoms with Crippen molar-refractivity contribution >= 4 is 15.7 Å². The minimum absolute atomic E-state index is 0.00745. The van der Waals surface area contributed by atoms with E-state index in [1.807, 2.05) is 6.92 Å². The Morgan fingerprint density at radius 1 is 0.905 bits per heavy atom. The largest absolute Gasteiger partial charge is 0.435 e. The molecule has 1 amide bonds. The maximum absolute atomic E-state index is 15.0. The summed E-state index contributed by atoms with van der Waals surface area (Å²) in [6, 6.07) is 4.54. The van der Waals surface area contributed by atoms with Gasteiger partial charge in [0.05, 0.1) is 10.9 Å². The van der Waals surface area contributed by atoms with Gasteiger partial charge in [0.2, 0.25) is 5.91 Å². The number of sulfone groups is 1. The highest BCUT2D eigenvalue weighted by molar-refractivity contribution is 7.92. The molecule has 5 rings (SSSR count). The van der Waals surface area contributed by atoms with Crippen molar-refractivity contribution in [2.75, 3.05) is 6.54 Å². The zero-order valence-corrected chi connectivity index (χ0v) is 23.4. The summed E-state index contributed by atoms with van der Waals surface area (Å²) in [5.74, 6) is -1.25. The number of benzene rings is 2. The van der Waals surface area contributed by atoms with Gasteiger partial charge in [-0.05, 0) is 73.4 Å². The third-order valence-corrected chi connectivity index (χ3v) is 11.9. The van der Waals surface area contributed by atoms with Crippen LogP contribution in [0.4, 0.5) is 35.1 Å². The first-order valence-corrected chi connectivity index (χ1v) is 15.2. The van der Waals surface area contributed by atoms with Gasteiger partial charge >= 0.3 is 18.0 Å². The average Bonchev–Trinajstić information content (AvgIpc) is 3.33. The molecule has 4 nitrogen and oxygen atoms in total. The Hall–Kier alpha value is -2.70. The molecule has 2 aliphatic carbocycles. The molecule has 0 bridgehead atoms. The second kappa shape index (κ2) is 10.2. The molecule has 42 heavy (non-hydrogen) atoms. The van der Waals surface area contributed by atoms with Crippen LogP contribution in [-0.2, 0) is 31.5 Å². The van der Waals surface area contributed by atoms with Gasteiger partial charge in [-0.1, -0.05) is 38.0 Å². The molecule has 3 aliphatic rings. The van der Waals surface area contributed by atoms with Crippen molar-refractivity contribution in [1.29, 1.82) is 0 Å². The molecule has 4 atom stereocenters. The second-order valence-electron chi connectivity index (χ2n) is 11.6. The summed E-state index contributed by atoms with van der Waals surface area (Å²) in [5, 5.41) is 0. The summed E-state index contributed by atoms with van der Waals surface area (Å²) in [4.78, 5) is 15.0. The summed E-state index contributed by atoms with van der Waals surface area (Å²) >= 11 is 0. The molecular formula is C29H29F8NO3S. The molecule has 13 heteroatoms. The van der Waals surface area contributed by atoms with E-state index in [4.69, 9.17) is 0 Å². The van der Waals surface area contributed by atoms with E-state index in [0.717, 1.165) is 49.6 Å². The van der Waals surface area contributed by atoms with Gasteiger partial charge in [-0.25, -0.2) is 17.2 Å². The highest BCUT2D eigenvalue weighted by Gasteiger charge is 2.74. The van der Waals surface area contributed by atoms with Crippen LogP contribution in [0.1, 0.15) is 62.1 Å². The van der Waals surface area contributed by atoms with Crippen LogP contribution in [-0.4, -0.2) is 44.2 Å². The molecule has 0 N–H and O–H groups in total. The third kappa shape index (κ3) is 4.43. The van der Waals surface area contributed by atoms with Gasteiger partial charge in [0.1, 0.15) is 10.6 Å². The predicted molar refractivity (Wildman–Crippen MR) is 136 cm³/mol. The van der Waals surface area contributed by atoms with E-state index in [9.17, 15) is 48.3 Å². The Labute approximate surface area is 238 Å². The van der Waals surface area contributed by atoms with Crippen LogP contribution in [0.5, 0.6) is 0 Å². The van der Waals surface area contributed by atoms with Crippen LogP contribution in [0.2, 0.25) is 0 Å². The minimum Gasteiger partial charge on any atom is -0.337 e. The van der Waals surface area contributed by atoms with Crippen LogP contribution in [0.15, 0.2) is 47.4 Å². The number of carbonyl (C=O) groups excluding carboxylic acids is 1. The van der Waals surface area contributed by atoms with E-state index in [-0.39, 0.29) is 59.6 Å². The fourth-order valence-electron chi connectivity index (χ4n) is 7.21. The van der Waals surface area contributed by atoms with E-state index < -0.39 is 50.0 Å². The normalized spacial score (nSPS) is 27.0. The van der Waals surface area contributed by atoms with Gasteiger partial charge in [-0.2, -0.15) is 26.3 Å². The van der Waals surface area contributed by atoms with Crippen molar-refractivity contribution in [3.63, 3.8) is 0 Å². The quantitative estimate of drug-likeness (QED) is 0.269. The van der Waals surface area contributed by atoms with E-state index in [1.54, 1.807) is 0 Å². The number of likely N-dealkylation sites (tertiary alicyclic amines) is 1. The van der Waals surface area contributed by atoms with Crippen molar-refractivity contribution in [2.24, 2.45) is 11.8 Å². The summed E-state index contributed by atoms with van der Waals surface area (Å²) in [7, 11) is -4.51. The number of rotatable bonds is 4. The van der Waals surface area contributed by atoms with E-state index in [2.05, 4.69) is 0 Å². The van der Waals surface area contributed by atoms with Crippen molar-refractivity contribution in [2.45, 2.75) is 85.6 Å². The molecule has 2 aromatic carbocycles. The highest BCUT2D eigenvalue weighted by Crippen LogP contribution is 2.57. The molecule has 0 aromatic heterocycles. The van der Waals surface area contributed by atoms with Crippen molar-refractivity contribution in [3.05, 3.63) is 65.0 Å².